The molecule has 0 radical (unpaired) electrons. The summed E-state index contributed by atoms with van der Waals surface area (Å²) in [6.45, 7) is 3.19. The highest BCUT2D eigenvalue weighted by Gasteiger charge is 2.32. The van der Waals surface area contributed by atoms with Gasteiger partial charge in [-0.15, -0.1) is 0 Å². The topological polar surface area (TPSA) is 46.2 Å². The number of benzene rings is 1. The van der Waals surface area contributed by atoms with Gasteiger partial charge in [0.2, 0.25) is 5.91 Å². The summed E-state index contributed by atoms with van der Waals surface area (Å²) >= 11 is 12.4. The summed E-state index contributed by atoms with van der Waals surface area (Å²) in [5, 5.41) is 3.63. The molecular weight excluding hydrogens is 285 g/mol. The van der Waals surface area contributed by atoms with Crippen molar-refractivity contribution in [2.75, 3.05) is 0 Å². The molecule has 3 nitrogen and oxygen atoms in total. The van der Waals surface area contributed by atoms with Crippen molar-refractivity contribution in [1.29, 1.82) is 0 Å². The Labute approximate surface area is 121 Å². The van der Waals surface area contributed by atoms with Crippen molar-refractivity contribution in [1.82, 2.24) is 5.32 Å². The molecule has 1 atom stereocenters. The number of nitrogens with one attached hydrogen (secondary N) is 1. The lowest BCUT2D eigenvalue weighted by Crippen LogP contribution is -2.33. The molecule has 100 valence electrons. The standard InChI is InChI=1S/C14H13Cl2NO2/c1-7-13(8(2)18)9(6-12(19)17-7)14-10(15)4-3-5-11(14)16/h3-5,9H,6H2,1-2H3,(H,17,19). The van der Waals surface area contributed by atoms with Gasteiger partial charge in [-0.25, -0.2) is 0 Å². The minimum Gasteiger partial charge on any atom is -0.330 e. The maximum atomic E-state index is 11.8. The van der Waals surface area contributed by atoms with E-state index in [1.807, 2.05) is 0 Å². The van der Waals surface area contributed by atoms with Gasteiger partial charge in [0.25, 0.3) is 0 Å². The number of carbonyl (C=O) groups is 2. The normalized spacial score (nSPS) is 19.4. The summed E-state index contributed by atoms with van der Waals surface area (Å²) in [4.78, 5) is 23.5. The number of rotatable bonds is 2. The van der Waals surface area contributed by atoms with E-state index >= 15 is 0 Å². The molecule has 0 bridgehead atoms. The highest BCUT2D eigenvalue weighted by molar-refractivity contribution is 6.36. The first-order valence-corrected chi connectivity index (χ1v) is 6.63. The Hall–Kier alpha value is -1.32. The molecule has 1 unspecified atom stereocenters. The Morgan fingerprint density at radius 3 is 2.42 bits per heavy atom. The second kappa shape index (κ2) is 5.35. The van der Waals surface area contributed by atoms with E-state index in [1.165, 1.54) is 6.92 Å². The van der Waals surface area contributed by atoms with Crippen LogP contribution < -0.4 is 5.32 Å². The van der Waals surface area contributed by atoms with Gasteiger partial charge in [-0.05, 0) is 31.5 Å². The van der Waals surface area contributed by atoms with Gasteiger partial charge >= 0.3 is 0 Å². The van der Waals surface area contributed by atoms with E-state index in [0.717, 1.165) is 0 Å². The number of hydrogen-bond acceptors (Lipinski definition) is 2. The third-order valence-corrected chi connectivity index (χ3v) is 3.86. The van der Waals surface area contributed by atoms with Crippen molar-refractivity contribution in [2.45, 2.75) is 26.2 Å². The molecule has 0 saturated carbocycles. The highest BCUT2D eigenvalue weighted by atomic mass is 35.5. The van der Waals surface area contributed by atoms with Crippen LogP contribution in [0, 0.1) is 0 Å². The minimum absolute atomic E-state index is 0.0847. The van der Waals surface area contributed by atoms with Crippen LogP contribution in [-0.4, -0.2) is 11.7 Å². The molecule has 0 aliphatic carbocycles. The molecular formula is C14H13Cl2NO2. The van der Waals surface area contributed by atoms with Crippen molar-refractivity contribution in [2.24, 2.45) is 0 Å². The second-order valence-electron chi connectivity index (χ2n) is 4.54. The molecule has 19 heavy (non-hydrogen) atoms. The maximum Gasteiger partial charge on any atom is 0.225 e. The average Bonchev–Trinajstić information content (AvgIpc) is 2.26. The quantitative estimate of drug-likeness (QED) is 0.909. The Balaban J connectivity index is 2.62. The summed E-state index contributed by atoms with van der Waals surface area (Å²) in [6, 6.07) is 5.16. The van der Waals surface area contributed by atoms with Gasteiger partial charge in [0.1, 0.15) is 0 Å². The van der Waals surface area contributed by atoms with E-state index in [-0.39, 0.29) is 24.0 Å². The van der Waals surface area contributed by atoms with Gasteiger partial charge in [0.05, 0.1) is 0 Å². The summed E-state index contributed by atoms with van der Waals surface area (Å²) in [7, 11) is 0. The molecule has 0 fully saturated rings. The monoisotopic (exact) mass is 297 g/mol. The molecule has 5 heteroatoms. The van der Waals surface area contributed by atoms with Gasteiger partial charge in [0.15, 0.2) is 5.78 Å². The summed E-state index contributed by atoms with van der Waals surface area (Å²) < 4.78 is 0. The van der Waals surface area contributed by atoms with E-state index < -0.39 is 0 Å². The molecule has 1 heterocycles. The minimum atomic E-state index is -0.382. The molecule has 1 amide bonds. The van der Waals surface area contributed by atoms with Crippen molar-refractivity contribution in [3.05, 3.63) is 45.1 Å². The fourth-order valence-electron chi connectivity index (χ4n) is 2.48. The van der Waals surface area contributed by atoms with Crippen molar-refractivity contribution >= 4 is 34.9 Å². The Morgan fingerprint density at radius 2 is 1.89 bits per heavy atom. The van der Waals surface area contributed by atoms with Crippen molar-refractivity contribution in [3.8, 4) is 0 Å². The molecule has 0 spiro atoms. The van der Waals surface area contributed by atoms with Gasteiger partial charge in [-0.2, -0.15) is 0 Å². The first-order valence-electron chi connectivity index (χ1n) is 5.87. The molecule has 1 N–H and O–H groups in total. The molecule has 2 rings (SSSR count). The van der Waals surface area contributed by atoms with E-state index in [0.29, 0.717) is 26.9 Å². The first-order chi connectivity index (χ1) is 8.91. The fourth-order valence-corrected chi connectivity index (χ4v) is 3.14. The highest BCUT2D eigenvalue weighted by Crippen LogP contribution is 2.40. The van der Waals surface area contributed by atoms with Gasteiger partial charge < -0.3 is 5.32 Å². The van der Waals surface area contributed by atoms with Crippen LogP contribution in [0.25, 0.3) is 0 Å². The van der Waals surface area contributed by atoms with Crippen LogP contribution in [0.3, 0.4) is 0 Å². The van der Waals surface area contributed by atoms with E-state index in [1.54, 1.807) is 25.1 Å². The van der Waals surface area contributed by atoms with Crippen molar-refractivity contribution < 1.29 is 9.59 Å². The van der Waals surface area contributed by atoms with E-state index in [9.17, 15) is 9.59 Å². The van der Waals surface area contributed by atoms with Gasteiger partial charge in [0, 0.05) is 33.7 Å². The summed E-state index contributed by atoms with van der Waals surface area (Å²) in [6.07, 6.45) is 0.176. The zero-order chi connectivity index (χ0) is 14.2. The largest absolute Gasteiger partial charge is 0.330 e. The Morgan fingerprint density at radius 1 is 1.32 bits per heavy atom. The maximum absolute atomic E-state index is 11.8. The lowest BCUT2D eigenvalue weighted by Gasteiger charge is -2.27. The van der Waals surface area contributed by atoms with Crippen LogP contribution >= 0.6 is 23.2 Å². The predicted octanol–water partition coefficient (Wildman–Crippen LogP) is 3.46. The van der Waals surface area contributed by atoms with Gasteiger partial charge in [-0.1, -0.05) is 29.3 Å². The molecule has 1 aromatic carbocycles. The van der Waals surface area contributed by atoms with E-state index in [2.05, 4.69) is 5.32 Å². The van der Waals surface area contributed by atoms with Crippen LogP contribution in [0.5, 0.6) is 0 Å². The zero-order valence-electron chi connectivity index (χ0n) is 10.6. The fraction of sp³-hybridized carbons (Fsp3) is 0.286. The Kier molecular flexibility index (Phi) is 3.97. The predicted molar refractivity (Wildman–Crippen MR) is 75.3 cm³/mol. The summed E-state index contributed by atoms with van der Waals surface area (Å²) in [5.41, 5.74) is 1.78. The average molecular weight is 298 g/mol. The van der Waals surface area contributed by atoms with Gasteiger partial charge in [-0.3, -0.25) is 9.59 Å². The smallest absolute Gasteiger partial charge is 0.225 e. The zero-order valence-corrected chi connectivity index (χ0v) is 12.1. The number of allylic oxidation sites excluding steroid dienone is 2. The van der Waals surface area contributed by atoms with E-state index in [4.69, 9.17) is 23.2 Å². The van der Waals surface area contributed by atoms with Crippen LogP contribution in [0.15, 0.2) is 29.5 Å². The van der Waals surface area contributed by atoms with Crippen LogP contribution in [0.2, 0.25) is 10.0 Å². The molecule has 1 aliphatic rings. The first kappa shape index (κ1) is 14.1. The number of carbonyl (C=O) groups excluding carboxylic acids is 2. The number of ketones is 1. The lowest BCUT2D eigenvalue weighted by atomic mass is 9.82. The SMILES string of the molecule is CC(=O)C1=C(C)NC(=O)CC1c1c(Cl)cccc1Cl. The number of halogens is 2. The number of hydrogen-bond donors (Lipinski definition) is 1. The number of amides is 1. The third-order valence-electron chi connectivity index (χ3n) is 3.20. The molecule has 1 aliphatic heterocycles. The summed E-state index contributed by atoms with van der Waals surface area (Å²) in [5.74, 6) is -0.602. The molecule has 0 saturated heterocycles. The lowest BCUT2D eigenvalue weighted by molar-refractivity contribution is -0.121. The number of Topliss-reactive ketones (excluding diaryl/α,β-unsaturated/α-hetero) is 1. The van der Waals surface area contributed by atoms with Crippen molar-refractivity contribution in [3.63, 3.8) is 0 Å². The third kappa shape index (κ3) is 2.67. The molecule has 1 aromatic rings. The van der Waals surface area contributed by atoms with Crippen LogP contribution in [-0.2, 0) is 9.59 Å². The Bertz CT molecular complexity index is 573. The van der Waals surface area contributed by atoms with Crippen LogP contribution in [0.1, 0.15) is 31.7 Å². The second-order valence-corrected chi connectivity index (χ2v) is 5.35. The van der Waals surface area contributed by atoms with Crippen LogP contribution in [0.4, 0.5) is 0 Å². The molecule has 0 aromatic heterocycles.